The Morgan fingerprint density at radius 1 is 1.22 bits per heavy atom. The highest BCUT2D eigenvalue weighted by Crippen LogP contribution is 2.34. The van der Waals surface area contributed by atoms with Crippen molar-refractivity contribution in [2.75, 3.05) is 19.0 Å². The van der Waals surface area contributed by atoms with Gasteiger partial charge in [-0.05, 0) is 47.0 Å². The van der Waals surface area contributed by atoms with Crippen LogP contribution in [0, 0.1) is 11.3 Å². The van der Waals surface area contributed by atoms with E-state index in [1.54, 1.807) is 31.4 Å². The van der Waals surface area contributed by atoms with E-state index in [-0.39, 0.29) is 18.1 Å². The van der Waals surface area contributed by atoms with E-state index in [1.807, 2.05) is 12.1 Å². The molecule has 3 aromatic rings. The Balaban J connectivity index is 1.67. The highest BCUT2D eigenvalue weighted by molar-refractivity contribution is 6.89. The largest absolute Gasteiger partial charge is 0.497 e. The van der Waals surface area contributed by atoms with E-state index in [2.05, 4.69) is 36.2 Å². The van der Waals surface area contributed by atoms with Crippen molar-refractivity contribution in [3.63, 3.8) is 0 Å². The molecule has 9 nitrogen and oxygen atoms in total. The molecule has 0 radical (unpaired) electrons. The van der Waals surface area contributed by atoms with Crippen LogP contribution < -0.4 is 20.8 Å². The molecule has 2 amide bonds. The van der Waals surface area contributed by atoms with Crippen LogP contribution in [0.2, 0.25) is 19.6 Å². The molecule has 1 atom stereocenters. The summed E-state index contributed by atoms with van der Waals surface area (Å²) in [5.74, 6) is 0.133. The lowest BCUT2D eigenvalue weighted by molar-refractivity contribution is -0.139. The van der Waals surface area contributed by atoms with Gasteiger partial charge in [0.15, 0.2) is 0 Å². The number of nitriles is 1. The summed E-state index contributed by atoms with van der Waals surface area (Å²) in [4.78, 5) is 39.8. The lowest BCUT2D eigenvalue weighted by Gasteiger charge is -2.36. The van der Waals surface area contributed by atoms with Gasteiger partial charge in [-0.3, -0.25) is 14.4 Å². The second kappa shape index (κ2) is 9.87. The number of H-pyrrole nitrogens is 1. The minimum Gasteiger partial charge on any atom is -0.497 e. The van der Waals surface area contributed by atoms with E-state index in [9.17, 15) is 19.6 Å². The zero-order valence-corrected chi connectivity index (χ0v) is 21.7. The quantitative estimate of drug-likeness (QED) is 0.497. The zero-order chi connectivity index (χ0) is 26.0. The predicted octanol–water partition coefficient (Wildman–Crippen LogP) is 2.70. The molecule has 0 saturated carbocycles. The number of nitrogens with zero attached hydrogens (tertiary/aromatic N) is 2. The van der Waals surface area contributed by atoms with Crippen LogP contribution in [0.3, 0.4) is 0 Å². The maximum absolute atomic E-state index is 13.6. The number of hydrogen-bond acceptors (Lipinski definition) is 6. The number of carbonyl (C=O) groups excluding carboxylic acids is 2. The molecular formula is C26H28N4O5Si. The van der Waals surface area contributed by atoms with Gasteiger partial charge in [0, 0.05) is 18.3 Å². The Morgan fingerprint density at radius 2 is 2.00 bits per heavy atom. The summed E-state index contributed by atoms with van der Waals surface area (Å²) in [6.07, 6.45) is 0.389. The summed E-state index contributed by atoms with van der Waals surface area (Å²) < 4.78 is 10.4. The molecule has 1 aromatic heterocycles. The third-order valence-electron chi connectivity index (χ3n) is 6.26. The molecule has 1 aliphatic heterocycles. The van der Waals surface area contributed by atoms with Gasteiger partial charge >= 0.3 is 0 Å². The standard InChI is InChI=1S/C26H28N4O5Si/c1-34-19-6-7-21-16(12-19)9-10-30(24(32)14-20-13-23(31)29-35-20)25(21)26(33)28-18-5-8-22(36(2,3)4)17(11-18)15-27/h5-8,11-13,25H,9-10,14H2,1-4H3,(H,28,33)(H,29,31). The second-order valence-electron chi connectivity index (χ2n) is 9.77. The third-order valence-corrected chi connectivity index (χ3v) is 8.31. The maximum Gasteiger partial charge on any atom is 0.280 e. The van der Waals surface area contributed by atoms with Gasteiger partial charge in [-0.2, -0.15) is 10.4 Å². The number of methoxy groups -OCH3 is 1. The van der Waals surface area contributed by atoms with Gasteiger partial charge in [-0.1, -0.05) is 31.8 Å². The minimum absolute atomic E-state index is 0.155. The molecule has 0 aliphatic carbocycles. The number of benzene rings is 2. The van der Waals surface area contributed by atoms with E-state index in [4.69, 9.17) is 9.26 Å². The average Bonchev–Trinajstić information content (AvgIpc) is 3.26. The number of rotatable bonds is 6. The molecular weight excluding hydrogens is 476 g/mol. The number of ether oxygens (including phenoxy) is 1. The number of hydrogen-bond donors (Lipinski definition) is 2. The SMILES string of the molecule is COc1ccc2c(c1)CCN(C(=O)Cc1cc(=O)[nH]o1)C2C(=O)Nc1ccc([Si](C)(C)C)c(C#N)c1. The molecule has 2 N–H and O–H groups in total. The van der Waals surface area contributed by atoms with Crippen molar-refractivity contribution in [1.29, 1.82) is 5.26 Å². The van der Waals surface area contributed by atoms with Gasteiger partial charge in [0.1, 0.15) is 17.6 Å². The normalized spacial score (nSPS) is 15.1. The van der Waals surface area contributed by atoms with Gasteiger partial charge in [0.2, 0.25) is 5.91 Å². The van der Waals surface area contributed by atoms with Crippen LogP contribution in [0.15, 0.2) is 51.8 Å². The summed E-state index contributed by atoms with van der Waals surface area (Å²) >= 11 is 0. The van der Waals surface area contributed by atoms with Crippen molar-refractivity contribution in [3.8, 4) is 11.8 Å². The number of carbonyl (C=O) groups is 2. The van der Waals surface area contributed by atoms with Crippen LogP contribution in [-0.4, -0.2) is 43.6 Å². The molecule has 2 heterocycles. The minimum atomic E-state index is -1.75. The first-order valence-corrected chi connectivity index (χ1v) is 15.1. The Kier molecular flexibility index (Phi) is 6.86. The average molecular weight is 505 g/mol. The highest BCUT2D eigenvalue weighted by atomic mass is 28.3. The Hall–Kier alpha value is -4.10. The van der Waals surface area contributed by atoms with Crippen LogP contribution >= 0.6 is 0 Å². The van der Waals surface area contributed by atoms with E-state index < -0.39 is 25.6 Å². The summed E-state index contributed by atoms with van der Waals surface area (Å²) in [5.41, 5.74) is 2.21. The summed E-state index contributed by atoms with van der Waals surface area (Å²) in [6.45, 7) is 6.78. The first-order chi connectivity index (χ1) is 17.1. The zero-order valence-electron chi connectivity index (χ0n) is 20.7. The van der Waals surface area contributed by atoms with Crippen molar-refractivity contribution in [3.05, 3.63) is 75.3 Å². The number of amides is 2. The fourth-order valence-electron chi connectivity index (χ4n) is 4.52. The fourth-order valence-corrected chi connectivity index (χ4v) is 6.04. The summed E-state index contributed by atoms with van der Waals surface area (Å²) in [5, 5.41) is 15.8. The van der Waals surface area contributed by atoms with Crippen molar-refractivity contribution in [1.82, 2.24) is 10.1 Å². The molecule has 0 fully saturated rings. The van der Waals surface area contributed by atoms with Crippen LogP contribution in [0.5, 0.6) is 5.75 Å². The second-order valence-corrected chi connectivity index (χ2v) is 14.8. The van der Waals surface area contributed by atoms with E-state index >= 15 is 0 Å². The molecule has 1 unspecified atom stereocenters. The highest BCUT2D eigenvalue weighted by Gasteiger charge is 2.36. The van der Waals surface area contributed by atoms with Crippen molar-refractivity contribution >= 4 is 30.8 Å². The Labute approximate surface area is 209 Å². The third kappa shape index (κ3) is 5.11. The number of aromatic amines is 1. The van der Waals surface area contributed by atoms with Crippen LogP contribution in [0.4, 0.5) is 5.69 Å². The predicted molar refractivity (Wildman–Crippen MR) is 137 cm³/mol. The van der Waals surface area contributed by atoms with E-state index in [0.717, 1.165) is 10.8 Å². The van der Waals surface area contributed by atoms with Crippen LogP contribution in [0.1, 0.15) is 28.5 Å². The Bertz CT molecular complexity index is 1410. The number of fused-ring (bicyclic) bond motifs is 1. The van der Waals surface area contributed by atoms with Gasteiger partial charge in [-0.15, -0.1) is 0 Å². The molecule has 0 saturated heterocycles. The fraction of sp³-hybridized carbons (Fsp3) is 0.308. The van der Waals surface area contributed by atoms with Crippen molar-refractivity contribution in [2.24, 2.45) is 0 Å². The number of anilines is 1. The summed E-state index contributed by atoms with van der Waals surface area (Å²) in [7, 11) is -0.170. The molecule has 36 heavy (non-hydrogen) atoms. The topological polar surface area (TPSA) is 128 Å². The first kappa shape index (κ1) is 25.0. The number of nitrogens with one attached hydrogen (secondary N) is 2. The molecule has 10 heteroatoms. The van der Waals surface area contributed by atoms with E-state index in [0.29, 0.717) is 35.5 Å². The van der Waals surface area contributed by atoms with Gasteiger partial charge < -0.3 is 19.5 Å². The van der Waals surface area contributed by atoms with Crippen LogP contribution in [0.25, 0.3) is 0 Å². The van der Waals surface area contributed by atoms with Gasteiger partial charge in [0.25, 0.3) is 11.5 Å². The molecule has 0 spiro atoms. The molecule has 2 aromatic carbocycles. The molecule has 1 aliphatic rings. The lowest BCUT2D eigenvalue weighted by atomic mass is 9.91. The molecule has 4 rings (SSSR count). The molecule has 186 valence electrons. The molecule has 0 bridgehead atoms. The first-order valence-electron chi connectivity index (χ1n) is 11.6. The smallest absolute Gasteiger partial charge is 0.280 e. The van der Waals surface area contributed by atoms with Gasteiger partial charge in [-0.25, -0.2) is 0 Å². The maximum atomic E-state index is 13.6. The lowest BCUT2D eigenvalue weighted by Crippen LogP contribution is -2.46. The van der Waals surface area contributed by atoms with Crippen molar-refractivity contribution in [2.45, 2.75) is 38.5 Å². The van der Waals surface area contributed by atoms with E-state index in [1.165, 1.54) is 11.0 Å². The summed E-state index contributed by atoms with van der Waals surface area (Å²) in [6, 6.07) is 13.4. The van der Waals surface area contributed by atoms with Gasteiger partial charge in [0.05, 0.1) is 33.2 Å². The van der Waals surface area contributed by atoms with Crippen molar-refractivity contribution < 1.29 is 18.8 Å². The van der Waals surface area contributed by atoms with Crippen LogP contribution in [-0.2, 0) is 22.4 Å². The number of aromatic nitrogens is 1. The monoisotopic (exact) mass is 504 g/mol. The Morgan fingerprint density at radius 3 is 2.64 bits per heavy atom.